The molecule has 1 rings (SSSR count). The molecule has 1 unspecified atom stereocenters. The van der Waals surface area contributed by atoms with Crippen molar-refractivity contribution in [3.05, 3.63) is 30.3 Å². The highest BCUT2D eigenvalue weighted by Crippen LogP contribution is 2.22. The maximum absolute atomic E-state index is 11.8. The van der Waals surface area contributed by atoms with Crippen LogP contribution < -0.4 is 10.6 Å². The van der Waals surface area contributed by atoms with E-state index < -0.39 is 14.6 Å². The number of hydrogen-bond acceptors (Lipinski definition) is 4. The summed E-state index contributed by atoms with van der Waals surface area (Å²) in [6, 6.07) is 10.2. The molecule has 2 N–H and O–H groups in total. The molecular formula is C17H29N3O2S2. The number of rotatable bonds is 8. The van der Waals surface area contributed by atoms with Crippen molar-refractivity contribution in [3.63, 3.8) is 0 Å². The number of aliphatic imine (C=N–C) groups is 1. The molecular weight excluding hydrogens is 342 g/mol. The Balaban J connectivity index is 2.61. The van der Waals surface area contributed by atoms with E-state index in [2.05, 4.69) is 34.7 Å². The Morgan fingerprint density at radius 3 is 2.42 bits per heavy atom. The lowest BCUT2D eigenvalue weighted by Gasteiger charge is -2.21. The zero-order valence-corrected chi connectivity index (χ0v) is 16.8. The summed E-state index contributed by atoms with van der Waals surface area (Å²) in [4.78, 5) is 5.67. The van der Waals surface area contributed by atoms with E-state index in [4.69, 9.17) is 0 Å². The van der Waals surface area contributed by atoms with Crippen LogP contribution >= 0.6 is 11.8 Å². The molecule has 7 heteroatoms. The van der Waals surface area contributed by atoms with Gasteiger partial charge in [-0.05, 0) is 32.9 Å². The van der Waals surface area contributed by atoms with Gasteiger partial charge in [0.1, 0.15) is 0 Å². The quantitative estimate of drug-likeness (QED) is 0.417. The van der Waals surface area contributed by atoms with Gasteiger partial charge in [0.2, 0.25) is 0 Å². The third-order valence-corrected chi connectivity index (χ3v) is 6.85. The van der Waals surface area contributed by atoms with Gasteiger partial charge >= 0.3 is 0 Å². The smallest absolute Gasteiger partial charge is 0.191 e. The standard InChI is InChI=1S/C17H29N3O2S2/c1-6-18-16(20-13-17(3,4)24(5,21)22)19-12-14(2)23-15-10-8-7-9-11-15/h7-11,14H,6,12-13H2,1-5H3,(H2,18,19,20). The van der Waals surface area contributed by atoms with Gasteiger partial charge in [0.25, 0.3) is 0 Å². The molecule has 0 saturated carbocycles. The molecule has 0 radical (unpaired) electrons. The van der Waals surface area contributed by atoms with Gasteiger partial charge in [-0.1, -0.05) is 25.1 Å². The highest BCUT2D eigenvalue weighted by molar-refractivity contribution is 8.00. The molecule has 0 aromatic heterocycles. The average Bonchev–Trinajstić information content (AvgIpc) is 2.50. The van der Waals surface area contributed by atoms with Crippen LogP contribution in [0.1, 0.15) is 27.7 Å². The van der Waals surface area contributed by atoms with Crippen molar-refractivity contribution in [1.82, 2.24) is 10.6 Å². The predicted octanol–water partition coefficient (Wildman–Crippen LogP) is 2.55. The summed E-state index contributed by atoms with van der Waals surface area (Å²) in [5, 5.41) is 6.81. The largest absolute Gasteiger partial charge is 0.357 e. The third-order valence-electron chi connectivity index (χ3n) is 3.60. The van der Waals surface area contributed by atoms with Gasteiger partial charge in [-0.15, -0.1) is 11.8 Å². The Hall–Kier alpha value is -1.21. The minimum Gasteiger partial charge on any atom is -0.357 e. The van der Waals surface area contributed by atoms with Crippen LogP contribution in [0.5, 0.6) is 0 Å². The molecule has 5 nitrogen and oxygen atoms in total. The number of hydrogen-bond donors (Lipinski definition) is 2. The summed E-state index contributed by atoms with van der Waals surface area (Å²) >= 11 is 1.79. The van der Waals surface area contributed by atoms with Crippen molar-refractivity contribution in [2.24, 2.45) is 4.99 Å². The van der Waals surface area contributed by atoms with Crippen LogP contribution in [-0.2, 0) is 9.84 Å². The van der Waals surface area contributed by atoms with E-state index in [1.807, 2.05) is 25.1 Å². The summed E-state index contributed by atoms with van der Waals surface area (Å²) in [7, 11) is -3.15. The van der Waals surface area contributed by atoms with Crippen molar-refractivity contribution in [2.75, 3.05) is 25.9 Å². The van der Waals surface area contributed by atoms with Crippen LogP contribution in [0.4, 0.5) is 0 Å². The number of nitrogens with zero attached hydrogens (tertiary/aromatic N) is 1. The Morgan fingerprint density at radius 1 is 1.25 bits per heavy atom. The Bertz CT molecular complexity index is 628. The monoisotopic (exact) mass is 371 g/mol. The molecule has 1 aromatic carbocycles. The molecule has 0 fully saturated rings. The van der Waals surface area contributed by atoms with Crippen LogP contribution in [0.25, 0.3) is 0 Å². The summed E-state index contributed by atoms with van der Waals surface area (Å²) in [6.07, 6.45) is 1.25. The molecule has 1 aromatic rings. The lowest BCUT2D eigenvalue weighted by atomic mass is 10.2. The second-order valence-corrected chi connectivity index (χ2v) is 10.5. The summed E-state index contributed by atoms with van der Waals surface area (Å²) in [5.41, 5.74) is 0. The predicted molar refractivity (Wildman–Crippen MR) is 105 cm³/mol. The third kappa shape index (κ3) is 7.13. The van der Waals surface area contributed by atoms with E-state index in [0.29, 0.717) is 11.2 Å². The van der Waals surface area contributed by atoms with E-state index in [1.165, 1.54) is 11.2 Å². The molecule has 24 heavy (non-hydrogen) atoms. The average molecular weight is 372 g/mol. The van der Waals surface area contributed by atoms with E-state index in [1.54, 1.807) is 25.6 Å². The fourth-order valence-electron chi connectivity index (χ4n) is 1.74. The molecule has 0 bridgehead atoms. The first-order chi connectivity index (χ1) is 11.2. The normalized spacial score (nSPS) is 14.3. The SMILES string of the molecule is CCNC(=NCC(C)(C)S(C)(=O)=O)NCC(C)Sc1ccccc1. The van der Waals surface area contributed by atoms with Crippen molar-refractivity contribution in [3.8, 4) is 0 Å². The lowest BCUT2D eigenvalue weighted by Crippen LogP contribution is -2.42. The Labute approximate surface area is 150 Å². The number of nitrogens with one attached hydrogen (secondary N) is 2. The number of guanidine groups is 1. The first-order valence-corrected chi connectivity index (χ1v) is 10.9. The molecule has 0 saturated heterocycles. The summed E-state index contributed by atoms with van der Waals surface area (Å²) in [5.74, 6) is 0.648. The molecule has 136 valence electrons. The minimum absolute atomic E-state index is 0.224. The van der Waals surface area contributed by atoms with E-state index in [9.17, 15) is 8.42 Å². The van der Waals surface area contributed by atoms with Crippen LogP contribution in [0.2, 0.25) is 0 Å². The molecule has 0 aliphatic rings. The van der Waals surface area contributed by atoms with Crippen LogP contribution in [-0.4, -0.2) is 50.3 Å². The van der Waals surface area contributed by atoms with Gasteiger partial charge < -0.3 is 10.6 Å². The maximum Gasteiger partial charge on any atom is 0.191 e. The van der Waals surface area contributed by atoms with Gasteiger partial charge in [0, 0.05) is 29.5 Å². The van der Waals surface area contributed by atoms with E-state index >= 15 is 0 Å². The first kappa shape index (κ1) is 20.8. The highest BCUT2D eigenvalue weighted by Gasteiger charge is 2.29. The molecule has 1 atom stereocenters. The zero-order valence-electron chi connectivity index (χ0n) is 15.2. The van der Waals surface area contributed by atoms with Crippen LogP contribution in [0.15, 0.2) is 40.2 Å². The molecule has 0 aliphatic heterocycles. The molecule has 0 aliphatic carbocycles. The topological polar surface area (TPSA) is 70.6 Å². The molecule has 0 heterocycles. The number of sulfone groups is 1. The van der Waals surface area contributed by atoms with E-state index in [0.717, 1.165) is 13.1 Å². The van der Waals surface area contributed by atoms with Crippen molar-refractivity contribution >= 4 is 27.6 Å². The second kappa shape index (κ2) is 9.32. The van der Waals surface area contributed by atoms with Gasteiger partial charge in [0.05, 0.1) is 11.3 Å². The van der Waals surface area contributed by atoms with Gasteiger partial charge in [-0.25, -0.2) is 8.42 Å². The number of thioether (sulfide) groups is 1. The van der Waals surface area contributed by atoms with Crippen molar-refractivity contribution in [1.29, 1.82) is 0 Å². The zero-order chi connectivity index (χ0) is 18.2. The Kier molecular flexibility index (Phi) is 8.09. The van der Waals surface area contributed by atoms with Crippen molar-refractivity contribution < 1.29 is 8.42 Å². The number of benzene rings is 1. The highest BCUT2D eigenvalue weighted by atomic mass is 32.2. The van der Waals surface area contributed by atoms with Crippen LogP contribution in [0.3, 0.4) is 0 Å². The van der Waals surface area contributed by atoms with Gasteiger partial charge in [-0.2, -0.15) is 0 Å². The lowest BCUT2D eigenvalue weighted by molar-refractivity contribution is 0.554. The fourth-order valence-corrected chi connectivity index (χ4v) is 2.99. The first-order valence-electron chi connectivity index (χ1n) is 8.09. The minimum atomic E-state index is -3.15. The van der Waals surface area contributed by atoms with Gasteiger partial charge in [-0.3, -0.25) is 4.99 Å². The molecule has 0 spiro atoms. The summed E-state index contributed by atoms with van der Waals surface area (Å²) < 4.78 is 22.7. The fraction of sp³-hybridized carbons (Fsp3) is 0.588. The maximum atomic E-state index is 11.8. The van der Waals surface area contributed by atoms with E-state index in [-0.39, 0.29) is 6.54 Å². The molecule has 0 amide bonds. The summed E-state index contributed by atoms with van der Waals surface area (Å²) in [6.45, 7) is 9.22. The van der Waals surface area contributed by atoms with Crippen LogP contribution in [0, 0.1) is 0 Å². The Morgan fingerprint density at radius 2 is 1.88 bits per heavy atom. The second-order valence-electron chi connectivity index (χ2n) is 6.35. The van der Waals surface area contributed by atoms with Crippen molar-refractivity contribution in [2.45, 2.75) is 42.6 Å². The van der Waals surface area contributed by atoms with Gasteiger partial charge in [0.15, 0.2) is 15.8 Å².